The summed E-state index contributed by atoms with van der Waals surface area (Å²) in [7, 11) is 0. The van der Waals surface area contributed by atoms with E-state index in [1.807, 2.05) is 54.5 Å². The molecule has 1 aliphatic heterocycles. The van der Waals surface area contributed by atoms with Crippen molar-refractivity contribution in [2.75, 3.05) is 19.8 Å². The average Bonchev–Trinajstić information content (AvgIpc) is 3.45. The monoisotopic (exact) mass is 413 g/mol. The molecular weight excluding hydrogens is 390 g/mol. The predicted octanol–water partition coefficient (Wildman–Crippen LogP) is 4.11. The second kappa shape index (κ2) is 8.65. The van der Waals surface area contributed by atoms with Crippen molar-refractivity contribution >= 4 is 17.2 Å². The molecule has 7 nitrogen and oxygen atoms in total. The van der Waals surface area contributed by atoms with Gasteiger partial charge in [-0.3, -0.25) is 4.79 Å². The van der Waals surface area contributed by atoms with Crippen molar-refractivity contribution in [1.82, 2.24) is 15.0 Å². The van der Waals surface area contributed by atoms with Crippen molar-refractivity contribution in [3.8, 4) is 22.2 Å². The minimum Gasteiger partial charge on any atom is -0.490 e. The Balaban J connectivity index is 1.45. The van der Waals surface area contributed by atoms with Crippen LogP contribution in [0.4, 0.5) is 0 Å². The van der Waals surface area contributed by atoms with E-state index < -0.39 is 0 Å². The third-order valence-electron chi connectivity index (χ3n) is 4.73. The molecule has 4 rings (SSSR count). The highest BCUT2D eigenvalue weighted by Crippen LogP contribution is 2.33. The van der Waals surface area contributed by atoms with Gasteiger partial charge in [-0.15, -0.1) is 11.3 Å². The van der Waals surface area contributed by atoms with Crippen molar-refractivity contribution in [2.45, 2.75) is 32.7 Å². The van der Waals surface area contributed by atoms with Crippen LogP contribution >= 0.6 is 11.3 Å². The Morgan fingerprint density at radius 2 is 2.03 bits per heavy atom. The van der Waals surface area contributed by atoms with Gasteiger partial charge in [0.15, 0.2) is 11.5 Å². The van der Waals surface area contributed by atoms with Crippen LogP contribution < -0.4 is 9.47 Å². The quantitative estimate of drug-likeness (QED) is 0.553. The van der Waals surface area contributed by atoms with E-state index in [-0.39, 0.29) is 11.8 Å². The molecule has 2 aromatic heterocycles. The van der Waals surface area contributed by atoms with Crippen LogP contribution in [0.1, 0.15) is 37.6 Å². The first-order valence-corrected chi connectivity index (χ1v) is 10.6. The van der Waals surface area contributed by atoms with Crippen molar-refractivity contribution in [1.29, 1.82) is 0 Å². The van der Waals surface area contributed by atoms with E-state index in [1.54, 1.807) is 11.3 Å². The number of likely N-dealkylation sites (tertiary alicyclic amines) is 1. The molecule has 29 heavy (non-hydrogen) atoms. The molecule has 1 atom stereocenters. The molecule has 3 aromatic rings. The zero-order valence-corrected chi connectivity index (χ0v) is 17.3. The number of thiophene rings is 1. The highest BCUT2D eigenvalue weighted by Gasteiger charge is 2.34. The van der Waals surface area contributed by atoms with Crippen LogP contribution in [0.25, 0.3) is 10.7 Å². The number of hydrogen-bond acceptors (Lipinski definition) is 7. The maximum atomic E-state index is 12.6. The van der Waals surface area contributed by atoms with Crippen LogP contribution in [-0.4, -0.2) is 40.7 Å². The lowest BCUT2D eigenvalue weighted by Gasteiger charge is -2.18. The SMILES string of the molecule is CCOc1ccc(CN2CC(c3nc(-c4cccs4)no3)CC2=O)cc1OCC. The maximum Gasteiger partial charge on any atom is 0.232 e. The lowest BCUT2D eigenvalue weighted by Crippen LogP contribution is -2.24. The normalized spacial score (nSPS) is 16.4. The Bertz CT molecular complexity index is 970. The van der Waals surface area contributed by atoms with Gasteiger partial charge in [-0.25, -0.2) is 0 Å². The lowest BCUT2D eigenvalue weighted by molar-refractivity contribution is -0.128. The smallest absolute Gasteiger partial charge is 0.232 e. The molecule has 1 aliphatic rings. The van der Waals surface area contributed by atoms with Crippen molar-refractivity contribution in [3.63, 3.8) is 0 Å². The average molecular weight is 413 g/mol. The van der Waals surface area contributed by atoms with E-state index in [0.29, 0.717) is 50.2 Å². The number of carbonyl (C=O) groups is 1. The number of amides is 1. The van der Waals surface area contributed by atoms with E-state index in [0.717, 1.165) is 16.2 Å². The third-order valence-corrected chi connectivity index (χ3v) is 5.59. The minimum atomic E-state index is -0.0854. The fourth-order valence-electron chi connectivity index (χ4n) is 3.41. The number of ether oxygens (including phenoxy) is 2. The highest BCUT2D eigenvalue weighted by molar-refractivity contribution is 7.13. The van der Waals surface area contributed by atoms with E-state index in [2.05, 4.69) is 10.1 Å². The number of benzene rings is 1. The van der Waals surface area contributed by atoms with Gasteiger partial charge in [0, 0.05) is 19.5 Å². The van der Waals surface area contributed by atoms with Crippen molar-refractivity contribution in [2.24, 2.45) is 0 Å². The summed E-state index contributed by atoms with van der Waals surface area (Å²) in [5, 5.41) is 6.03. The van der Waals surface area contributed by atoms with Crippen molar-refractivity contribution < 1.29 is 18.8 Å². The predicted molar refractivity (Wildman–Crippen MR) is 109 cm³/mol. The third kappa shape index (κ3) is 4.27. The number of carbonyl (C=O) groups excluding carboxylic acids is 1. The molecule has 152 valence electrons. The molecule has 1 fully saturated rings. The summed E-state index contributed by atoms with van der Waals surface area (Å²) in [6.07, 6.45) is 0.376. The maximum absolute atomic E-state index is 12.6. The Morgan fingerprint density at radius 1 is 1.21 bits per heavy atom. The Hall–Kier alpha value is -2.87. The molecule has 0 N–H and O–H groups in total. The van der Waals surface area contributed by atoms with Crippen LogP contribution in [0, 0.1) is 0 Å². The summed E-state index contributed by atoms with van der Waals surface area (Å²) in [5.74, 6) is 2.51. The standard InChI is InChI=1S/C21H23N3O4S/c1-3-26-16-8-7-14(10-17(16)27-4-2)12-24-13-15(11-19(24)25)21-22-20(23-28-21)18-6-5-9-29-18/h5-10,15H,3-4,11-13H2,1-2H3. The molecule has 1 saturated heterocycles. The highest BCUT2D eigenvalue weighted by atomic mass is 32.1. The van der Waals surface area contributed by atoms with Crippen LogP contribution in [0.3, 0.4) is 0 Å². The molecule has 1 aromatic carbocycles. The molecule has 0 spiro atoms. The van der Waals surface area contributed by atoms with Crippen molar-refractivity contribution in [3.05, 3.63) is 47.2 Å². The Kier molecular flexibility index (Phi) is 5.80. The molecule has 8 heteroatoms. The number of rotatable bonds is 8. The fourth-order valence-corrected chi connectivity index (χ4v) is 4.06. The summed E-state index contributed by atoms with van der Waals surface area (Å²) in [5.41, 5.74) is 0.996. The summed E-state index contributed by atoms with van der Waals surface area (Å²) in [6.45, 7) is 6.07. The van der Waals surface area contributed by atoms with E-state index in [1.165, 1.54) is 0 Å². The van der Waals surface area contributed by atoms with E-state index >= 15 is 0 Å². The van der Waals surface area contributed by atoms with Gasteiger partial charge in [-0.2, -0.15) is 4.98 Å². The van der Waals surface area contributed by atoms with Gasteiger partial charge >= 0.3 is 0 Å². The van der Waals surface area contributed by atoms with Gasteiger partial charge in [0.25, 0.3) is 0 Å². The number of hydrogen-bond donors (Lipinski definition) is 0. The largest absolute Gasteiger partial charge is 0.490 e. The first-order valence-electron chi connectivity index (χ1n) is 9.71. The van der Waals surface area contributed by atoms with Gasteiger partial charge in [0.05, 0.1) is 24.0 Å². The zero-order valence-electron chi connectivity index (χ0n) is 16.5. The van der Waals surface area contributed by atoms with Gasteiger partial charge < -0.3 is 18.9 Å². The second-order valence-electron chi connectivity index (χ2n) is 6.76. The topological polar surface area (TPSA) is 77.7 Å². The zero-order chi connectivity index (χ0) is 20.2. The molecule has 0 aliphatic carbocycles. The summed E-state index contributed by atoms with van der Waals surface area (Å²) in [4.78, 5) is 19.8. The Morgan fingerprint density at radius 3 is 2.79 bits per heavy atom. The second-order valence-corrected chi connectivity index (χ2v) is 7.70. The molecule has 3 heterocycles. The molecule has 0 saturated carbocycles. The van der Waals surface area contributed by atoms with Gasteiger partial charge in [-0.1, -0.05) is 17.3 Å². The van der Waals surface area contributed by atoms with Crippen LogP contribution in [-0.2, 0) is 11.3 Å². The van der Waals surface area contributed by atoms with E-state index in [4.69, 9.17) is 14.0 Å². The van der Waals surface area contributed by atoms with Gasteiger partial charge in [0.2, 0.25) is 17.6 Å². The van der Waals surface area contributed by atoms with Crippen LogP contribution in [0.15, 0.2) is 40.2 Å². The molecule has 1 amide bonds. The summed E-state index contributed by atoms with van der Waals surface area (Å²) >= 11 is 1.56. The fraction of sp³-hybridized carbons (Fsp3) is 0.381. The first kappa shape index (κ1) is 19.4. The molecule has 1 unspecified atom stereocenters. The lowest BCUT2D eigenvalue weighted by atomic mass is 10.1. The van der Waals surface area contributed by atoms with Gasteiger partial charge in [-0.05, 0) is 43.0 Å². The molecule has 0 bridgehead atoms. The number of aromatic nitrogens is 2. The van der Waals surface area contributed by atoms with E-state index in [9.17, 15) is 4.79 Å². The number of nitrogens with zero attached hydrogens (tertiary/aromatic N) is 3. The minimum absolute atomic E-state index is 0.0812. The molecule has 0 radical (unpaired) electrons. The molecular formula is C21H23N3O4S. The summed E-state index contributed by atoms with van der Waals surface area (Å²) < 4.78 is 16.7. The van der Waals surface area contributed by atoms with Crippen LogP contribution in [0.5, 0.6) is 11.5 Å². The Labute approximate surface area is 173 Å². The van der Waals surface area contributed by atoms with Gasteiger partial charge in [0.1, 0.15) is 0 Å². The van der Waals surface area contributed by atoms with Crippen LogP contribution in [0.2, 0.25) is 0 Å². The summed E-state index contributed by atoms with van der Waals surface area (Å²) in [6, 6.07) is 9.71. The first-order chi connectivity index (χ1) is 14.2.